The van der Waals surface area contributed by atoms with E-state index in [0.29, 0.717) is 0 Å². The van der Waals surface area contributed by atoms with E-state index in [4.69, 9.17) is 0 Å². The third-order valence-corrected chi connectivity index (χ3v) is 13.3. The van der Waals surface area contributed by atoms with Crippen molar-refractivity contribution < 1.29 is 58.9 Å². The number of hydrogen-bond donors (Lipinski definition) is 0. The quantitative estimate of drug-likeness (QED) is 0.178. The molecule has 0 amide bonds. The standard InChI is InChI=1S/C29H31Si.3ClH.Ti/c1-21-14-13-15-22(2)28(21)30(26-16-9-7-10-17-26,27-18-11-8-12-19-27)29(6)20-23(3)24(4)25(29)5;;;;/h7-19H,1-6H3;3*1H;/q-1;;;;+4/p-3. The van der Waals surface area contributed by atoms with Gasteiger partial charge in [-0.25, -0.2) is 5.57 Å². The van der Waals surface area contributed by atoms with Crippen LogP contribution in [0, 0.1) is 19.9 Å². The van der Waals surface area contributed by atoms with E-state index in [0.717, 1.165) is 0 Å². The largest absolute Gasteiger partial charge is 4.00 e. The molecule has 176 valence electrons. The molecule has 34 heavy (non-hydrogen) atoms. The minimum absolute atomic E-state index is 0. The number of allylic oxidation sites excluding steroid dienone is 4. The van der Waals surface area contributed by atoms with Gasteiger partial charge in [0.05, 0.1) is 0 Å². The topological polar surface area (TPSA) is 0 Å². The van der Waals surface area contributed by atoms with Gasteiger partial charge in [-0.15, -0.1) is 6.92 Å². The van der Waals surface area contributed by atoms with E-state index in [1.54, 1.807) is 0 Å². The predicted molar refractivity (Wildman–Crippen MR) is 133 cm³/mol. The Morgan fingerprint density at radius 2 is 1.03 bits per heavy atom. The first-order valence-electron chi connectivity index (χ1n) is 10.8. The first kappa shape index (κ1) is 32.9. The van der Waals surface area contributed by atoms with E-state index in [1.807, 2.05) is 0 Å². The van der Waals surface area contributed by atoms with Gasteiger partial charge in [0.1, 0.15) is 8.07 Å². The smallest absolute Gasteiger partial charge is 1.00 e. The molecule has 3 aromatic carbocycles. The zero-order valence-corrected chi connectivity index (χ0v) is 25.5. The van der Waals surface area contributed by atoms with E-state index < -0.39 is 8.07 Å². The Bertz CT molecular complexity index is 1100. The van der Waals surface area contributed by atoms with Crippen LogP contribution in [0.5, 0.6) is 0 Å². The van der Waals surface area contributed by atoms with Crippen LogP contribution in [0.4, 0.5) is 0 Å². The van der Waals surface area contributed by atoms with Crippen molar-refractivity contribution >= 4 is 23.6 Å². The number of benzene rings is 3. The van der Waals surface area contributed by atoms with Crippen LogP contribution in [0.1, 0.15) is 38.8 Å². The second-order valence-corrected chi connectivity index (χ2v) is 13.0. The molecule has 0 nitrogen and oxygen atoms in total. The zero-order chi connectivity index (χ0) is 21.5. The van der Waals surface area contributed by atoms with Crippen LogP contribution in [-0.4, -0.2) is 8.07 Å². The van der Waals surface area contributed by atoms with Crippen LogP contribution < -0.4 is 52.8 Å². The fraction of sp³-hybridized carbons (Fsp3) is 0.241. The van der Waals surface area contributed by atoms with Crippen LogP contribution in [0.2, 0.25) is 5.04 Å². The van der Waals surface area contributed by atoms with Gasteiger partial charge in [-0.3, -0.25) is 6.08 Å². The zero-order valence-electron chi connectivity index (χ0n) is 20.6. The van der Waals surface area contributed by atoms with E-state index in [9.17, 15) is 0 Å². The van der Waals surface area contributed by atoms with Crippen LogP contribution in [0.3, 0.4) is 0 Å². The van der Waals surface area contributed by atoms with Crippen LogP contribution in [0.15, 0.2) is 95.6 Å². The first-order valence-corrected chi connectivity index (χ1v) is 12.8. The minimum Gasteiger partial charge on any atom is -1.00 e. The molecule has 0 saturated carbocycles. The van der Waals surface area contributed by atoms with Gasteiger partial charge in [-0.2, -0.15) is 11.1 Å². The van der Waals surface area contributed by atoms with Crippen molar-refractivity contribution in [2.75, 3.05) is 0 Å². The van der Waals surface area contributed by atoms with E-state index in [1.165, 1.54) is 43.4 Å². The Balaban J connectivity index is 0.00000272. The summed E-state index contributed by atoms with van der Waals surface area (Å²) in [5, 5.41) is 4.26. The van der Waals surface area contributed by atoms with Crippen molar-refractivity contribution in [2.24, 2.45) is 0 Å². The molecule has 5 heteroatoms. The van der Waals surface area contributed by atoms with Crippen LogP contribution in [0.25, 0.3) is 0 Å². The predicted octanol–water partition coefficient (Wildman–Crippen LogP) is -3.36. The summed E-state index contributed by atoms with van der Waals surface area (Å²) in [7, 11) is -2.54. The van der Waals surface area contributed by atoms with Gasteiger partial charge in [-0.05, 0) is 29.4 Å². The van der Waals surface area contributed by atoms with Crippen LogP contribution in [-0.2, 0) is 21.7 Å². The maximum Gasteiger partial charge on any atom is 4.00 e. The second kappa shape index (κ2) is 12.8. The summed E-state index contributed by atoms with van der Waals surface area (Å²) in [5.74, 6) is 0. The van der Waals surface area contributed by atoms with Gasteiger partial charge in [0.2, 0.25) is 0 Å². The van der Waals surface area contributed by atoms with Gasteiger partial charge in [0, 0.05) is 0 Å². The summed E-state index contributed by atoms with van der Waals surface area (Å²) in [5.41, 5.74) is 6.92. The van der Waals surface area contributed by atoms with Crippen molar-refractivity contribution in [1.29, 1.82) is 0 Å². The summed E-state index contributed by atoms with van der Waals surface area (Å²) in [6.45, 7) is 13.8. The molecule has 0 aliphatic heterocycles. The number of hydrogen-bond acceptors (Lipinski definition) is 0. The molecular weight excluding hydrogens is 531 g/mol. The van der Waals surface area contributed by atoms with Crippen molar-refractivity contribution in [1.82, 2.24) is 0 Å². The Kier molecular flexibility index (Phi) is 12.4. The summed E-state index contributed by atoms with van der Waals surface area (Å²) < 4.78 is 0. The second-order valence-electron chi connectivity index (χ2n) is 8.87. The average Bonchev–Trinajstić information content (AvgIpc) is 2.95. The summed E-state index contributed by atoms with van der Waals surface area (Å²) >= 11 is 0. The molecule has 0 spiro atoms. The summed E-state index contributed by atoms with van der Waals surface area (Å²) in [6.07, 6.45) is 4.02. The van der Waals surface area contributed by atoms with E-state index in [2.05, 4.69) is 126 Å². The summed E-state index contributed by atoms with van der Waals surface area (Å²) in [6, 6.07) is 29.3. The molecule has 1 aliphatic carbocycles. The Hall–Kier alpha value is -1.06. The number of rotatable bonds is 4. The molecule has 1 unspecified atom stereocenters. The van der Waals surface area contributed by atoms with E-state index >= 15 is 0 Å². The van der Waals surface area contributed by atoms with Gasteiger partial charge in [0.25, 0.3) is 0 Å². The Morgan fingerprint density at radius 3 is 1.38 bits per heavy atom. The van der Waals surface area contributed by atoms with Gasteiger partial charge in [0.15, 0.2) is 0 Å². The molecule has 3 aromatic rings. The molecule has 0 heterocycles. The number of aryl methyl sites for hydroxylation is 2. The normalized spacial score (nSPS) is 16.9. The Morgan fingerprint density at radius 1 is 0.618 bits per heavy atom. The summed E-state index contributed by atoms with van der Waals surface area (Å²) in [4.78, 5) is 0. The van der Waals surface area contributed by atoms with Gasteiger partial charge in [-0.1, -0.05) is 116 Å². The fourth-order valence-electron chi connectivity index (χ4n) is 5.66. The molecule has 0 aromatic heterocycles. The van der Waals surface area contributed by atoms with Gasteiger partial charge >= 0.3 is 21.7 Å². The maximum absolute atomic E-state index is 4.02. The fourth-order valence-corrected chi connectivity index (χ4v) is 12.1. The molecule has 0 bridgehead atoms. The molecule has 1 atom stereocenters. The third kappa shape index (κ3) is 4.94. The monoisotopic (exact) mass is 560 g/mol. The maximum atomic E-state index is 4.02. The van der Waals surface area contributed by atoms with Crippen LogP contribution >= 0.6 is 0 Å². The first-order chi connectivity index (χ1) is 14.3. The molecule has 0 radical (unpaired) electrons. The molecule has 4 rings (SSSR count). The number of halogens is 3. The molecule has 0 fully saturated rings. The average molecular weight is 562 g/mol. The Labute approximate surface area is 240 Å². The minimum atomic E-state index is -2.54. The van der Waals surface area contributed by atoms with Crippen molar-refractivity contribution in [3.8, 4) is 0 Å². The van der Waals surface area contributed by atoms with Crippen molar-refractivity contribution in [2.45, 2.75) is 46.6 Å². The van der Waals surface area contributed by atoms with Crippen molar-refractivity contribution in [3.63, 3.8) is 0 Å². The molecule has 0 saturated heterocycles. The third-order valence-electron chi connectivity index (χ3n) is 7.33. The SMILES string of the molecule is CC1=[C-]C(C)([Si](c2ccccc2)(c2ccccc2)c2c(C)cccc2C)C(C)=C1C.[Cl-].[Cl-].[Cl-].[Ti+4]. The molecular formula is C29H31Cl3SiTi. The van der Waals surface area contributed by atoms with Crippen molar-refractivity contribution in [3.05, 3.63) is 113 Å². The van der Waals surface area contributed by atoms with Gasteiger partial charge < -0.3 is 37.2 Å². The van der Waals surface area contributed by atoms with E-state index in [-0.39, 0.29) is 64.0 Å². The molecule has 1 aliphatic rings. The molecule has 0 N–H and O–H groups in total.